The molecule has 154 valence electrons. The van der Waals surface area contributed by atoms with Gasteiger partial charge >= 0.3 is 0 Å². The molecule has 0 radical (unpaired) electrons. The maximum absolute atomic E-state index is 10.2. The van der Waals surface area contributed by atoms with E-state index in [-0.39, 0.29) is 0 Å². The fourth-order valence-electron chi connectivity index (χ4n) is 3.58. The van der Waals surface area contributed by atoms with Crippen molar-refractivity contribution in [1.29, 1.82) is 0 Å². The van der Waals surface area contributed by atoms with Crippen molar-refractivity contribution < 1.29 is 5.11 Å². The van der Waals surface area contributed by atoms with Crippen LogP contribution in [0, 0.1) is 20.8 Å². The fraction of sp³-hybridized carbons (Fsp3) is 0.524. The number of nitrogens with zero attached hydrogens (tertiary/aromatic N) is 6. The minimum absolute atomic E-state index is 0.406. The van der Waals surface area contributed by atoms with Gasteiger partial charge < -0.3 is 15.3 Å². The summed E-state index contributed by atoms with van der Waals surface area (Å²) in [6, 6.07) is 3.97. The van der Waals surface area contributed by atoms with Crippen molar-refractivity contribution in [3.05, 3.63) is 29.2 Å². The average molecular weight is 396 g/mol. The quantitative estimate of drug-likeness (QED) is 0.686. The Labute approximate surface area is 171 Å². The van der Waals surface area contributed by atoms with E-state index in [2.05, 4.69) is 15.2 Å². The lowest BCUT2D eigenvalue weighted by Crippen LogP contribution is -2.30. The summed E-state index contributed by atoms with van der Waals surface area (Å²) >= 11 is 0. The predicted molar refractivity (Wildman–Crippen MR) is 114 cm³/mol. The third kappa shape index (κ3) is 4.03. The summed E-state index contributed by atoms with van der Waals surface area (Å²) in [4.78, 5) is 16.5. The van der Waals surface area contributed by atoms with Crippen LogP contribution < -0.4 is 10.2 Å². The van der Waals surface area contributed by atoms with Crippen molar-refractivity contribution >= 4 is 17.3 Å². The van der Waals surface area contributed by atoms with E-state index in [9.17, 15) is 5.11 Å². The van der Waals surface area contributed by atoms with E-state index >= 15 is 0 Å². The van der Waals surface area contributed by atoms with Crippen LogP contribution in [0.25, 0.3) is 17.0 Å². The molecule has 0 aliphatic carbocycles. The number of fused-ring (bicyclic) bond motifs is 1. The zero-order valence-corrected chi connectivity index (χ0v) is 17.8. The second-order valence-electron chi connectivity index (χ2n) is 8.49. The number of rotatable bonds is 5. The van der Waals surface area contributed by atoms with Crippen LogP contribution >= 0.6 is 0 Å². The molecule has 0 bridgehead atoms. The Kier molecular flexibility index (Phi) is 4.90. The summed E-state index contributed by atoms with van der Waals surface area (Å²) in [6.07, 6.45) is 2.36. The van der Waals surface area contributed by atoms with E-state index < -0.39 is 5.60 Å². The number of anilines is 2. The topological polar surface area (TPSA) is 91.5 Å². The van der Waals surface area contributed by atoms with Gasteiger partial charge in [-0.3, -0.25) is 4.98 Å². The SMILES string of the molecule is Cc1nc(C)c(-c2cc3nc(N4CCCC4)cc(NCC(C)(C)O)n3n2)nc1C. The summed E-state index contributed by atoms with van der Waals surface area (Å²) in [5, 5.41) is 18.3. The molecule has 8 nitrogen and oxygen atoms in total. The van der Waals surface area contributed by atoms with E-state index in [0.717, 1.165) is 58.8 Å². The van der Waals surface area contributed by atoms with Crippen LogP contribution in [0.3, 0.4) is 0 Å². The van der Waals surface area contributed by atoms with Crippen LogP contribution in [0.15, 0.2) is 12.1 Å². The largest absolute Gasteiger partial charge is 0.389 e. The van der Waals surface area contributed by atoms with Crippen LogP contribution in [-0.2, 0) is 0 Å². The zero-order chi connectivity index (χ0) is 20.8. The molecule has 3 aromatic rings. The first-order valence-corrected chi connectivity index (χ1v) is 10.2. The van der Waals surface area contributed by atoms with E-state index in [1.807, 2.05) is 32.9 Å². The van der Waals surface area contributed by atoms with E-state index in [4.69, 9.17) is 15.1 Å². The van der Waals surface area contributed by atoms with Crippen LogP contribution in [0.1, 0.15) is 43.8 Å². The van der Waals surface area contributed by atoms with E-state index in [0.29, 0.717) is 6.54 Å². The Hall–Kier alpha value is -2.74. The van der Waals surface area contributed by atoms with Gasteiger partial charge in [-0.05, 0) is 47.5 Å². The molecule has 0 unspecified atom stereocenters. The highest BCUT2D eigenvalue weighted by Gasteiger charge is 2.20. The number of aryl methyl sites for hydroxylation is 3. The van der Waals surface area contributed by atoms with Crippen molar-refractivity contribution in [2.24, 2.45) is 0 Å². The van der Waals surface area contributed by atoms with Crippen LogP contribution in [0.5, 0.6) is 0 Å². The van der Waals surface area contributed by atoms with Gasteiger partial charge in [-0.1, -0.05) is 0 Å². The lowest BCUT2D eigenvalue weighted by atomic mass is 10.1. The molecular weight excluding hydrogens is 366 g/mol. The summed E-state index contributed by atoms with van der Waals surface area (Å²) < 4.78 is 1.79. The molecule has 0 aromatic carbocycles. The summed E-state index contributed by atoms with van der Waals surface area (Å²) in [5.74, 6) is 1.74. The monoisotopic (exact) mass is 395 g/mol. The first-order chi connectivity index (χ1) is 13.7. The summed E-state index contributed by atoms with van der Waals surface area (Å²) in [7, 11) is 0. The molecule has 1 saturated heterocycles. The van der Waals surface area contributed by atoms with Gasteiger partial charge in [-0.15, -0.1) is 0 Å². The third-order valence-corrected chi connectivity index (χ3v) is 5.27. The molecule has 0 spiro atoms. The smallest absolute Gasteiger partial charge is 0.160 e. The molecule has 1 fully saturated rings. The molecule has 29 heavy (non-hydrogen) atoms. The van der Waals surface area contributed by atoms with Gasteiger partial charge in [-0.2, -0.15) is 9.61 Å². The second-order valence-corrected chi connectivity index (χ2v) is 8.49. The van der Waals surface area contributed by atoms with Crippen LogP contribution in [0.4, 0.5) is 11.6 Å². The van der Waals surface area contributed by atoms with Crippen molar-refractivity contribution in [1.82, 2.24) is 24.6 Å². The standard InChI is InChI=1S/C21H29N7O/c1-13-14(2)24-20(15(3)23-13)16-10-19-25-18(27-8-6-7-9-27)11-17(28(19)26-16)22-12-21(4,5)29/h10-11,22,29H,6-9,12H2,1-5H3. The van der Waals surface area contributed by atoms with Crippen LogP contribution in [-0.4, -0.2) is 54.9 Å². The summed E-state index contributed by atoms with van der Waals surface area (Å²) in [6.45, 7) is 11.9. The molecule has 1 aliphatic heterocycles. The van der Waals surface area contributed by atoms with Crippen LogP contribution in [0.2, 0.25) is 0 Å². The van der Waals surface area contributed by atoms with Crippen molar-refractivity contribution in [2.45, 2.75) is 53.1 Å². The molecule has 0 saturated carbocycles. The maximum Gasteiger partial charge on any atom is 0.160 e. The van der Waals surface area contributed by atoms with Gasteiger partial charge in [0.15, 0.2) is 5.65 Å². The Morgan fingerprint density at radius 2 is 1.69 bits per heavy atom. The normalized spacial score (nSPS) is 14.8. The highest BCUT2D eigenvalue weighted by molar-refractivity contribution is 5.67. The van der Waals surface area contributed by atoms with Crippen molar-refractivity contribution in [3.63, 3.8) is 0 Å². The Morgan fingerprint density at radius 3 is 2.38 bits per heavy atom. The highest BCUT2D eigenvalue weighted by atomic mass is 16.3. The Morgan fingerprint density at radius 1 is 1.00 bits per heavy atom. The lowest BCUT2D eigenvalue weighted by Gasteiger charge is -2.21. The molecule has 8 heteroatoms. The number of nitrogens with one attached hydrogen (secondary N) is 1. The first kappa shape index (κ1) is 19.6. The molecule has 3 aromatic heterocycles. The number of hydrogen-bond acceptors (Lipinski definition) is 7. The average Bonchev–Trinajstić information content (AvgIpc) is 3.31. The van der Waals surface area contributed by atoms with Gasteiger partial charge in [0.05, 0.1) is 22.7 Å². The van der Waals surface area contributed by atoms with E-state index in [1.165, 1.54) is 12.8 Å². The van der Waals surface area contributed by atoms with Crippen molar-refractivity contribution in [3.8, 4) is 11.4 Å². The van der Waals surface area contributed by atoms with Gasteiger partial charge in [-0.25, -0.2) is 9.97 Å². The van der Waals surface area contributed by atoms with Gasteiger partial charge in [0.1, 0.15) is 23.0 Å². The molecule has 0 amide bonds. The molecule has 2 N–H and O–H groups in total. The molecule has 4 rings (SSSR count). The predicted octanol–water partition coefficient (Wildman–Crippen LogP) is 2.89. The first-order valence-electron chi connectivity index (χ1n) is 10.2. The van der Waals surface area contributed by atoms with Gasteiger partial charge in [0.25, 0.3) is 0 Å². The van der Waals surface area contributed by atoms with E-state index in [1.54, 1.807) is 18.4 Å². The second kappa shape index (κ2) is 7.26. The van der Waals surface area contributed by atoms with Gasteiger partial charge in [0.2, 0.25) is 0 Å². The number of hydrogen-bond donors (Lipinski definition) is 2. The molecule has 0 atom stereocenters. The molecule has 4 heterocycles. The summed E-state index contributed by atoms with van der Waals surface area (Å²) in [5.41, 5.74) is 4.11. The highest BCUT2D eigenvalue weighted by Crippen LogP contribution is 2.27. The fourth-order valence-corrected chi connectivity index (χ4v) is 3.58. The minimum atomic E-state index is -0.838. The molecule has 1 aliphatic rings. The minimum Gasteiger partial charge on any atom is -0.389 e. The number of aromatic nitrogens is 5. The Bertz CT molecular complexity index is 1050. The van der Waals surface area contributed by atoms with Crippen molar-refractivity contribution in [2.75, 3.05) is 29.9 Å². The molecular formula is C21H29N7O. The van der Waals surface area contributed by atoms with Gasteiger partial charge in [0, 0.05) is 31.8 Å². The lowest BCUT2D eigenvalue weighted by molar-refractivity contribution is 0.0944. The third-order valence-electron chi connectivity index (χ3n) is 5.27. The Balaban J connectivity index is 1.82. The zero-order valence-electron chi connectivity index (χ0n) is 17.8. The number of aliphatic hydroxyl groups is 1. The maximum atomic E-state index is 10.2.